The van der Waals surface area contributed by atoms with Crippen molar-refractivity contribution >= 4 is 28.3 Å². The van der Waals surface area contributed by atoms with Gasteiger partial charge < -0.3 is 15.2 Å². The lowest BCUT2D eigenvalue weighted by Gasteiger charge is -2.14. The molecule has 0 bridgehead atoms. The monoisotopic (exact) mass is 335 g/mol. The maximum Gasteiger partial charge on any atom is 0.338 e. The summed E-state index contributed by atoms with van der Waals surface area (Å²) >= 11 is 0. The van der Waals surface area contributed by atoms with Gasteiger partial charge in [0.15, 0.2) is 6.10 Å². The number of carbonyl (C=O) groups is 2. The van der Waals surface area contributed by atoms with Gasteiger partial charge in [-0.2, -0.15) is 0 Å². The third-order valence-electron chi connectivity index (χ3n) is 3.80. The van der Waals surface area contributed by atoms with Crippen LogP contribution in [0.2, 0.25) is 0 Å². The summed E-state index contributed by atoms with van der Waals surface area (Å²) in [6.07, 6.45) is -0.958. The molecule has 0 heterocycles. The Morgan fingerprint density at radius 2 is 1.64 bits per heavy atom. The predicted octanol–water partition coefficient (Wildman–Crippen LogP) is 3.73. The molecule has 0 aliphatic rings. The van der Waals surface area contributed by atoms with E-state index >= 15 is 0 Å². The maximum absolute atomic E-state index is 12.3. The minimum atomic E-state index is -0.958. The standard InChI is InChI=1S/C20H17NO4/c1-13(25-20(24)15-9-11-16(22)12-10-15)19(23)21-18-8-4-6-14-5-2-3-7-17(14)18/h2-13,22H,1H3,(H,21,23)/t13-/m0/s1. The summed E-state index contributed by atoms with van der Waals surface area (Å²) in [5.41, 5.74) is 0.929. The van der Waals surface area contributed by atoms with E-state index in [4.69, 9.17) is 4.74 Å². The van der Waals surface area contributed by atoms with Gasteiger partial charge in [-0.25, -0.2) is 4.79 Å². The molecule has 0 aromatic heterocycles. The van der Waals surface area contributed by atoms with E-state index in [1.165, 1.54) is 31.2 Å². The number of fused-ring (bicyclic) bond motifs is 1. The normalized spacial score (nSPS) is 11.7. The van der Waals surface area contributed by atoms with Crippen molar-refractivity contribution in [2.75, 3.05) is 5.32 Å². The molecule has 5 heteroatoms. The number of anilines is 1. The number of amides is 1. The average Bonchev–Trinajstić information content (AvgIpc) is 2.62. The molecule has 0 spiro atoms. The highest BCUT2D eigenvalue weighted by atomic mass is 16.5. The number of phenolic OH excluding ortho intramolecular Hbond substituents is 1. The molecule has 2 N–H and O–H groups in total. The van der Waals surface area contributed by atoms with Gasteiger partial charge in [0.2, 0.25) is 0 Å². The van der Waals surface area contributed by atoms with Crippen molar-refractivity contribution in [3.63, 3.8) is 0 Å². The molecule has 3 aromatic carbocycles. The second-order valence-electron chi connectivity index (χ2n) is 5.61. The van der Waals surface area contributed by atoms with Gasteiger partial charge >= 0.3 is 5.97 Å². The first kappa shape index (κ1) is 16.5. The molecule has 0 fully saturated rings. The summed E-state index contributed by atoms with van der Waals surface area (Å²) < 4.78 is 5.19. The van der Waals surface area contributed by atoms with Crippen LogP contribution in [0.3, 0.4) is 0 Å². The highest BCUT2D eigenvalue weighted by Crippen LogP contribution is 2.23. The van der Waals surface area contributed by atoms with Crippen molar-refractivity contribution in [1.82, 2.24) is 0 Å². The van der Waals surface area contributed by atoms with E-state index in [0.717, 1.165) is 10.8 Å². The van der Waals surface area contributed by atoms with Gasteiger partial charge in [-0.05, 0) is 42.6 Å². The summed E-state index contributed by atoms with van der Waals surface area (Å²) in [6, 6.07) is 19.0. The molecule has 0 unspecified atom stereocenters. The lowest BCUT2D eigenvalue weighted by atomic mass is 10.1. The van der Waals surface area contributed by atoms with Gasteiger partial charge in [0.1, 0.15) is 5.75 Å². The number of nitrogens with one attached hydrogen (secondary N) is 1. The van der Waals surface area contributed by atoms with E-state index in [9.17, 15) is 14.7 Å². The van der Waals surface area contributed by atoms with Crippen LogP contribution in [0.5, 0.6) is 5.75 Å². The highest BCUT2D eigenvalue weighted by molar-refractivity contribution is 6.04. The maximum atomic E-state index is 12.3. The minimum Gasteiger partial charge on any atom is -0.508 e. The Kier molecular flexibility index (Phi) is 4.66. The van der Waals surface area contributed by atoms with Crippen LogP contribution < -0.4 is 5.32 Å². The second kappa shape index (κ2) is 7.05. The van der Waals surface area contributed by atoms with Crippen LogP contribution in [0.4, 0.5) is 5.69 Å². The average molecular weight is 335 g/mol. The van der Waals surface area contributed by atoms with Gasteiger partial charge in [0.05, 0.1) is 5.56 Å². The van der Waals surface area contributed by atoms with Crippen molar-refractivity contribution in [2.45, 2.75) is 13.0 Å². The van der Waals surface area contributed by atoms with Crippen molar-refractivity contribution < 1.29 is 19.4 Å². The number of hydrogen-bond acceptors (Lipinski definition) is 4. The molecule has 25 heavy (non-hydrogen) atoms. The fraction of sp³-hybridized carbons (Fsp3) is 0.100. The molecule has 3 aromatic rings. The molecular weight excluding hydrogens is 318 g/mol. The van der Waals surface area contributed by atoms with Crippen LogP contribution in [0.25, 0.3) is 10.8 Å². The summed E-state index contributed by atoms with van der Waals surface area (Å²) in [4.78, 5) is 24.4. The zero-order chi connectivity index (χ0) is 17.8. The molecule has 1 amide bonds. The number of carbonyl (C=O) groups excluding carboxylic acids is 2. The number of benzene rings is 3. The molecule has 0 saturated heterocycles. The molecular formula is C20H17NO4. The van der Waals surface area contributed by atoms with E-state index in [1.807, 2.05) is 36.4 Å². The smallest absolute Gasteiger partial charge is 0.338 e. The number of aromatic hydroxyl groups is 1. The Labute approximate surface area is 144 Å². The van der Waals surface area contributed by atoms with E-state index in [2.05, 4.69) is 5.32 Å². The Morgan fingerprint density at radius 1 is 0.960 bits per heavy atom. The Morgan fingerprint density at radius 3 is 2.40 bits per heavy atom. The zero-order valence-corrected chi connectivity index (χ0v) is 13.6. The van der Waals surface area contributed by atoms with E-state index in [0.29, 0.717) is 5.69 Å². The van der Waals surface area contributed by atoms with Crippen LogP contribution in [0.15, 0.2) is 66.7 Å². The summed E-state index contributed by atoms with van der Waals surface area (Å²) in [6.45, 7) is 1.51. The van der Waals surface area contributed by atoms with E-state index < -0.39 is 18.0 Å². The number of rotatable bonds is 4. The summed E-state index contributed by atoms with van der Waals surface area (Å²) in [7, 11) is 0. The van der Waals surface area contributed by atoms with E-state index in [1.54, 1.807) is 6.07 Å². The molecule has 1 atom stereocenters. The number of esters is 1. The topological polar surface area (TPSA) is 75.6 Å². The third kappa shape index (κ3) is 3.77. The van der Waals surface area contributed by atoms with Crippen molar-refractivity contribution in [1.29, 1.82) is 0 Å². The largest absolute Gasteiger partial charge is 0.508 e. The van der Waals surface area contributed by atoms with Crippen LogP contribution >= 0.6 is 0 Å². The Bertz CT molecular complexity index is 913. The molecule has 0 aliphatic carbocycles. The molecule has 0 saturated carbocycles. The van der Waals surface area contributed by atoms with Crippen LogP contribution in [0, 0.1) is 0 Å². The summed E-state index contributed by atoms with van der Waals surface area (Å²) in [5.74, 6) is -0.984. The fourth-order valence-electron chi connectivity index (χ4n) is 2.45. The van der Waals surface area contributed by atoms with Gasteiger partial charge in [0.25, 0.3) is 5.91 Å². The lowest BCUT2D eigenvalue weighted by molar-refractivity contribution is -0.123. The van der Waals surface area contributed by atoms with Gasteiger partial charge in [0, 0.05) is 11.1 Å². The first-order chi connectivity index (χ1) is 12.0. The van der Waals surface area contributed by atoms with E-state index in [-0.39, 0.29) is 11.3 Å². The van der Waals surface area contributed by atoms with Crippen molar-refractivity contribution in [3.05, 3.63) is 72.3 Å². The number of ether oxygens (including phenoxy) is 1. The predicted molar refractivity (Wildman–Crippen MR) is 95.6 cm³/mol. The second-order valence-corrected chi connectivity index (χ2v) is 5.61. The first-order valence-electron chi connectivity index (χ1n) is 7.83. The molecule has 126 valence electrons. The van der Waals surface area contributed by atoms with Gasteiger partial charge in [-0.1, -0.05) is 36.4 Å². The molecule has 0 aliphatic heterocycles. The highest BCUT2D eigenvalue weighted by Gasteiger charge is 2.19. The van der Waals surface area contributed by atoms with Crippen LogP contribution in [0.1, 0.15) is 17.3 Å². The van der Waals surface area contributed by atoms with Crippen LogP contribution in [-0.4, -0.2) is 23.1 Å². The Balaban J connectivity index is 1.70. The molecule has 0 radical (unpaired) electrons. The first-order valence-corrected chi connectivity index (χ1v) is 7.83. The molecule has 3 rings (SSSR count). The Hall–Kier alpha value is -3.34. The lowest BCUT2D eigenvalue weighted by Crippen LogP contribution is -2.30. The van der Waals surface area contributed by atoms with Crippen molar-refractivity contribution in [2.24, 2.45) is 0 Å². The SMILES string of the molecule is C[C@H](OC(=O)c1ccc(O)cc1)C(=O)Nc1cccc2ccccc12. The van der Waals surface area contributed by atoms with Crippen molar-refractivity contribution in [3.8, 4) is 5.75 Å². The van der Waals surface area contributed by atoms with Crippen LogP contribution in [-0.2, 0) is 9.53 Å². The molecule has 5 nitrogen and oxygen atoms in total. The minimum absolute atomic E-state index is 0.0540. The van der Waals surface area contributed by atoms with Gasteiger partial charge in [-0.15, -0.1) is 0 Å². The fourth-order valence-corrected chi connectivity index (χ4v) is 2.45. The number of hydrogen-bond donors (Lipinski definition) is 2. The quantitative estimate of drug-likeness (QED) is 0.712. The number of phenols is 1. The van der Waals surface area contributed by atoms with Gasteiger partial charge in [-0.3, -0.25) is 4.79 Å². The third-order valence-corrected chi connectivity index (χ3v) is 3.80. The zero-order valence-electron chi connectivity index (χ0n) is 13.6. The summed E-state index contributed by atoms with van der Waals surface area (Å²) in [5, 5.41) is 14.0.